The Labute approximate surface area is 154 Å². The number of anilines is 1. The number of hydrogen-bond acceptors (Lipinski definition) is 4. The Kier molecular flexibility index (Phi) is 4.25. The Morgan fingerprint density at radius 3 is 2.67 bits per heavy atom. The summed E-state index contributed by atoms with van der Waals surface area (Å²) in [6, 6.07) is 16.5. The SMILES string of the molecule is COc1cccc(NC(=O)c2cccn3c(-c4ccc(F)cc4)nnc23)c1. The molecule has 4 rings (SSSR count). The van der Waals surface area contributed by atoms with Crippen molar-refractivity contribution in [1.82, 2.24) is 14.6 Å². The van der Waals surface area contributed by atoms with Crippen molar-refractivity contribution in [3.8, 4) is 17.1 Å². The van der Waals surface area contributed by atoms with E-state index in [0.29, 0.717) is 34.0 Å². The monoisotopic (exact) mass is 362 g/mol. The number of fused-ring (bicyclic) bond motifs is 1. The third-order valence-corrected chi connectivity index (χ3v) is 4.11. The molecule has 0 aliphatic heterocycles. The lowest BCUT2D eigenvalue weighted by atomic mass is 10.2. The zero-order chi connectivity index (χ0) is 18.8. The number of methoxy groups -OCH3 is 1. The lowest BCUT2D eigenvalue weighted by molar-refractivity contribution is 0.102. The van der Waals surface area contributed by atoms with E-state index >= 15 is 0 Å². The molecular formula is C20H15FN4O2. The molecule has 4 aromatic rings. The molecule has 0 aliphatic carbocycles. The van der Waals surface area contributed by atoms with Crippen LogP contribution in [0.5, 0.6) is 5.75 Å². The van der Waals surface area contributed by atoms with Crippen LogP contribution in [0.25, 0.3) is 17.0 Å². The maximum absolute atomic E-state index is 13.2. The first-order valence-electron chi connectivity index (χ1n) is 8.21. The zero-order valence-electron chi connectivity index (χ0n) is 14.4. The number of hydrogen-bond donors (Lipinski definition) is 1. The molecular weight excluding hydrogens is 347 g/mol. The Bertz CT molecular complexity index is 1120. The maximum Gasteiger partial charge on any atom is 0.259 e. The fraction of sp³-hybridized carbons (Fsp3) is 0.0500. The summed E-state index contributed by atoms with van der Waals surface area (Å²) < 4.78 is 20.0. The Hall–Kier alpha value is -3.74. The number of carbonyl (C=O) groups excluding carboxylic acids is 1. The molecule has 1 amide bonds. The standard InChI is InChI=1S/C20H15FN4O2/c1-27-16-5-2-4-15(12-16)22-20(26)17-6-3-11-25-18(23-24-19(17)25)13-7-9-14(21)10-8-13/h2-12H,1H3,(H,22,26). The normalized spacial score (nSPS) is 10.7. The molecule has 0 spiro atoms. The second kappa shape index (κ2) is 6.87. The van der Waals surface area contributed by atoms with E-state index in [9.17, 15) is 9.18 Å². The molecule has 27 heavy (non-hydrogen) atoms. The van der Waals surface area contributed by atoms with Crippen LogP contribution >= 0.6 is 0 Å². The Morgan fingerprint density at radius 2 is 1.89 bits per heavy atom. The van der Waals surface area contributed by atoms with Crippen LogP contribution in [0, 0.1) is 5.82 Å². The maximum atomic E-state index is 13.2. The van der Waals surface area contributed by atoms with Gasteiger partial charge in [0.2, 0.25) is 0 Å². The summed E-state index contributed by atoms with van der Waals surface area (Å²) in [5, 5.41) is 11.1. The summed E-state index contributed by atoms with van der Waals surface area (Å²) >= 11 is 0. The predicted molar refractivity (Wildman–Crippen MR) is 99.3 cm³/mol. The van der Waals surface area contributed by atoms with Gasteiger partial charge in [0.05, 0.1) is 12.7 Å². The van der Waals surface area contributed by atoms with Crippen LogP contribution < -0.4 is 10.1 Å². The van der Waals surface area contributed by atoms with Crippen LogP contribution in [0.4, 0.5) is 10.1 Å². The van der Waals surface area contributed by atoms with Crippen molar-refractivity contribution in [3.05, 3.63) is 78.2 Å². The minimum absolute atomic E-state index is 0.313. The largest absolute Gasteiger partial charge is 0.497 e. The predicted octanol–water partition coefficient (Wildman–Crippen LogP) is 3.80. The molecule has 0 saturated carbocycles. The van der Waals surface area contributed by atoms with E-state index in [4.69, 9.17) is 4.74 Å². The van der Waals surface area contributed by atoms with Crippen molar-refractivity contribution in [2.24, 2.45) is 0 Å². The van der Waals surface area contributed by atoms with Crippen molar-refractivity contribution in [3.63, 3.8) is 0 Å². The average molecular weight is 362 g/mol. The Morgan fingerprint density at radius 1 is 1.07 bits per heavy atom. The van der Waals surface area contributed by atoms with Crippen LogP contribution in [-0.2, 0) is 0 Å². The number of ether oxygens (including phenoxy) is 1. The molecule has 134 valence electrons. The van der Waals surface area contributed by atoms with E-state index < -0.39 is 0 Å². The quantitative estimate of drug-likeness (QED) is 0.600. The zero-order valence-corrected chi connectivity index (χ0v) is 14.4. The first-order chi connectivity index (χ1) is 13.2. The molecule has 2 aromatic heterocycles. The number of pyridine rings is 1. The van der Waals surface area contributed by atoms with E-state index in [1.54, 1.807) is 66.2 Å². The lowest BCUT2D eigenvalue weighted by Crippen LogP contribution is -2.13. The molecule has 0 atom stereocenters. The van der Waals surface area contributed by atoms with E-state index in [2.05, 4.69) is 15.5 Å². The molecule has 0 fully saturated rings. The van der Waals surface area contributed by atoms with Gasteiger partial charge in [-0.05, 0) is 48.5 Å². The first kappa shape index (κ1) is 16.7. The number of rotatable bonds is 4. The molecule has 7 heteroatoms. The van der Waals surface area contributed by atoms with E-state index in [1.807, 2.05) is 0 Å². The summed E-state index contributed by atoms with van der Waals surface area (Å²) in [6.07, 6.45) is 1.76. The van der Waals surface area contributed by atoms with E-state index in [0.717, 1.165) is 0 Å². The summed E-state index contributed by atoms with van der Waals surface area (Å²) in [4.78, 5) is 12.7. The van der Waals surface area contributed by atoms with Gasteiger partial charge in [0.25, 0.3) is 5.91 Å². The van der Waals surface area contributed by atoms with Crippen molar-refractivity contribution in [2.75, 3.05) is 12.4 Å². The van der Waals surface area contributed by atoms with Crippen LogP contribution in [0.3, 0.4) is 0 Å². The molecule has 2 aromatic carbocycles. The van der Waals surface area contributed by atoms with Crippen LogP contribution in [-0.4, -0.2) is 27.6 Å². The van der Waals surface area contributed by atoms with E-state index in [1.165, 1.54) is 12.1 Å². The second-order valence-corrected chi connectivity index (χ2v) is 5.83. The number of benzene rings is 2. The number of nitrogens with one attached hydrogen (secondary N) is 1. The summed E-state index contributed by atoms with van der Waals surface area (Å²) in [5.41, 5.74) is 2.10. The van der Waals surface area contributed by atoms with Crippen molar-refractivity contribution < 1.29 is 13.9 Å². The highest BCUT2D eigenvalue weighted by Crippen LogP contribution is 2.22. The molecule has 2 heterocycles. The fourth-order valence-corrected chi connectivity index (χ4v) is 2.79. The molecule has 6 nitrogen and oxygen atoms in total. The number of aromatic nitrogens is 3. The molecule has 0 bridgehead atoms. The van der Waals surface area contributed by atoms with Gasteiger partial charge in [-0.2, -0.15) is 0 Å². The molecule has 0 aliphatic rings. The summed E-state index contributed by atoms with van der Waals surface area (Å²) in [5.74, 6) is 0.533. The van der Waals surface area contributed by atoms with Gasteiger partial charge in [-0.15, -0.1) is 10.2 Å². The van der Waals surface area contributed by atoms with Crippen LogP contribution in [0.15, 0.2) is 66.9 Å². The molecule has 1 N–H and O–H groups in total. The lowest BCUT2D eigenvalue weighted by Gasteiger charge is -2.08. The third-order valence-electron chi connectivity index (χ3n) is 4.11. The highest BCUT2D eigenvalue weighted by atomic mass is 19.1. The average Bonchev–Trinajstić information content (AvgIpc) is 3.13. The minimum Gasteiger partial charge on any atom is -0.497 e. The smallest absolute Gasteiger partial charge is 0.259 e. The molecule has 0 radical (unpaired) electrons. The van der Waals surface area contributed by atoms with Gasteiger partial charge in [-0.3, -0.25) is 9.20 Å². The fourth-order valence-electron chi connectivity index (χ4n) is 2.79. The number of amides is 1. The highest BCUT2D eigenvalue weighted by molar-refractivity contribution is 6.08. The first-order valence-corrected chi connectivity index (χ1v) is 8.21. The molecule has 0 saturated heterocycles. The van der Waals surface area contributed by atoms with Gasteiger partial charge < -0.3 is 10.1 Å². The Balaban J connectivity index is 1.70. The van der Waals surface area contributed by atoms with Gasteiger partial charge in [0.15, 0.2) is 11.5 Å². The highest BCUT2D eigenvalue weighted by Gasteiger charge is 2.16. The van der Waals surface area contributed by atoms with Crippen LogP contribution in [0.2, 0.25) is 0 Å². The third kappa shape index (κ3) is 3.22. The number of nitrogens with zero attached hydrogens (tertiary/aromatic N) is 3. The minimum atomic E-state index is -0.328. The van der Waals surface area contributed by atoms with Gasteiger partial charge in [0, 0.05) is 23.5 Å². The summed E-state index contributed by atoms with van der Waals surface area (Å²) in [6.45, 7) is 0. The van der Waals surface area contributed by atoms with Crippen molar-refractivity contribution in [1.29, 1.82) is 0 Å². The van der Waals surface area contributed by atoms with Crippen molar-refractivity contribution in [2.45, 2.75) is 0 Å². The van der Waals surface area contributed by atoms with Gasteiger partial charge in [-0.1, -0.05) is 6.07 Å². The van der Waals surface area contributed by atoms with Crippen molar-refractivity contribution >= 4 is 17.2 Å². The molecule has 0 unspecified atom stereocenters. The van der Waals surface area contributed by atoms with Gasteiger partial charge >= 0.3 is 0 Å². The van der Waals surface area contributed by atoms with E-state index in [-0.39, 0.29) is 11.7 Å². The summed E-state index contributed by atoms with van der Waals surface area (Å²) in [7, 11) is 1.56. The number of carbonyl (C=O) groups is 1. The topological polar surface area (TPSA) is 68.5 Å². The van der Waals surface area contributed by atoms with Gasteiger partial charge in [-0.25, -0.2) is 4.39 Å². The second-order valence-electron chi connectivity index (χ2n) is 5.83. The number of halogens is 1. The van der Waals surface area contributed by atoms with Gasteiger partial charge in [0.1, 0.15) is 11.6 Å². The van der Waals surface area contributed by atoms with Crippen LogP contribution in [0.1, 0.15) is 10.4 Å².